The summed E-state index contributed by atoms with van der Waals surface area (Å²) >= 11 is 5.34. The van der Waals surface area contributed by atoms with Crippen LogP contribution in [0.1, 0.15) is 24.5 Å². The molecule has 1 aliphatic heterocycles. The van der Waals surface area contributed by atoms with Crippen LogP contribution in [-0.2, 0) is 9.68 Å². The normalized spacial score (nSPS) is 21.8. The summed E-state index contributed by atoms with van der Waals surface area (Å²) in [6.45, 7) is 1.95. The fraction of sp³-hybridized carbons (Fsp3) is 0.333. The number of rotatable bonds is 5. The molecule has 1 aromatic carbocycles. The molecule has 0 aliphatic carbocycles. The molecule has 24 heavy (non-hydrogen) atoms. The van der Waals surface area contributed by atoms with E-state index in [1.807, 2.05) is 0 Å². The molecule has 9 heteroatoms. The molecule has 0 aromatic heterocycles. The molecule has 0 bridgehead atoms. The Kier molecular flexibility index (Phi) is 5.51. The Morgan fingerprint density at radius 3 is 2.67 bits per heavy atom. The predicted molar refractivity (Wildman–Crippen MR) is 82.8 cm³/mol. The molecule has 1 aromatic rings. The zero-order chi connectivity index (χ0) is 17.8. The van der Waals surface area contributed by atoms with Crippen LogP contribution in [0.4, 0.5) is 13.2 Å². The second-order valence-electron chi connectivity index (χ2n) is 5.00. The van der Waals surface area contributed by atoms with Crippen LogP contribution in [0.2, 0.25) is 0 Å². The van der Waals surface area contributed by atoms with E-state index in [0.29, 0.717) is 11.3 Å². The Hall–Kier alpha value is -2.06. The number of aliphatic hydroxyl groups is 1. The van der Waals surface area contributed by atoms with E-state index in [1.165, 1.54) is 5.54 Å². The van der Waals surface area contributed by atoms with Crippen LogP contribution < -0.4 is 0 Å². The number of halogens is 4. The number of hydrogen-bond acceptors (Lipinski definition) is 5. The second-order valence-corrected chi connectivity index (χ2v) is 5.25. The number of benzene rings is 1. The summed E-state index contributed by atoms with van der Waals surface area (Å²) in [5, 5.41) is 16.7. The van der Waals surface area contributed by atoms with Gasteiger partial charge in [-0.15, -0.1) is 0 Å². The molecule has 1 aliphatic rings. The topological polar surface area (TPSA) is 63.4 Å². The van der Waals surface area contributed by atoms with Crippen LogP contribution >= 0.6 is 11.6 Å². The molecule has 1 heterocycles. The van der Waals surface area contributed by atoms with Crippen molar-refractivity contribution in [3.05, 3.63) is 47.0 Å². The Morgan fingerprint density at radius 1 is 1.46 bits per heavy atom. The lowest BCUT2D eigenvalue weighted by Crippen LogP contribution is -2.45. The Labute approximate surface area is 141 Å². The summed E-state index contributed by atoms with van der Waals surface area (Å²) in [5.41, 5.74) is 3.05. The van der Waals surface area contributed by atoms with E-state index in [-0.39, 0.29) is 12.3 Å². The van der Waals surface area contributed by atoms with E-state index < -0.39 is 18.4 Å². The number of oxime groups is 2. The highest BCUT2D eigenvalue weighted by Gasteiger charge is 2.60. The van der Waals surface area contributed by atoms with Gasteiger partial charge in [0, 0.05) is 5.54 Å². The maximum absolute atomic E-state index is 12.7. The summed E-state index contributed by atoms with van der Waals surface area (Å²) in [7, 11) is 0. The van der Waals surface area contributed by atoms with Crippen molar-refractivity contribution in [2.75, 3.05) is 6.61 Å². The average Bonchev–Trinajstić information content (AvgIpc) is 2.95. The first-order chi connectivity index (χ1) is 11.3. The number of nitrogens with zero attached hydrogens (tertiary/aromatic N) is 2. The van der Waals surface area contributed by atoms with Crippen molar-refractivity contribution in [1.82, 2.24) is 0 Å². The van der Waals surface area contributed by atoms with Gasteiger partial charge in [0.05, 0.1) is 17.8 Å². The second kappa shape index (κ2) is 7.23. The molecule has 130 valence electrons. The third kappa shape index (κ3) is 4.07. The minimum absolute atomic E-state index is 0.0134. The van der Waals surface area contributed by atoms with Crippen molar-refractivity contribution in [1.29, 1.82) is 0 Å². The van der Waals surface area contributed by atoms with Gasteiger partial charge in [0.15, 0.2) is 0 Å². The summed E-state index contributed by atoms with van der Waals surface area (Å²) in [5.74, 6) is -3.28. The summed E-state index contributed by atoms with van der Waals surface area (Å²) in [4.78, 5) is 9.18. The molecule has 1 atom stereocenters. The highest BCUT2D eigenvalue weighted by Crippen LogP contribution is 2.38. The van der Waals surface area contributed by atoms with Crippen molar-refractivity contribution < 1.29 is 28.0 Å². The van der Waals surface area contributed by atoms with E-state index in [4.69, 9.17) is 16.4 Å². The maximum atomic E-state index is 12.7. The van der Waals surface area contributed by atoms with Crippen LogP contribution in [0.15, 0.2) is 46.2 Å². The lowest BCUT2D eigenvalue weighted by atomic mass is 10.0. The van der Waals surface area contributed by atoms with Crippen LogP contribution in [0.25, 0.3) is 0 Å². The molecule has 1 unspecified atom stereocenters. The largest absolute Gasteiger partial charge is 0.458 e. The van der Waals surface area contributed by atoms with Gasteiger partial charge in [-0.1, -0.05) is 46.2 Å². The highest BCUT2D eigenvalue weighted by molar-refractivity contribution is 6.25. The van der Waals surface area contributed by atoms with Gasteiger partial charge in [0.25, 0.3) is 0 Å². The minimum atomic E-state index is -4.92. The Morgan fingerprint density at radius 2 is 2.12 bits per heavy atom. The standard InChI is InChI=1S/C15H14ClF3N2O3/c1-10(20-23-8-2-7-16)11-3-5-12(6-4-11)13-9-14(22,24-21-13)15(17,18)19/h2-7,22H,8-9H2,1H3/b7-2+,20-10?. The van der Waals surface area contributed by atoms with Crippen molar-refractivity contribution in [2.45, 2.75) is 25.3 Å². The van der Waals surface area contributed by atoms with Crippen LogP contribution in [0.3, 0.4) is 0 Å². The van der Waals surface area contributed by atoms with E-state index in [1.54, 1.807) is 37.3 Å². The van der Waals surface area contributed by atoms with E-state index in [2.05, 4.69) is 15.1 Å². The zero-order valence-corrected chi connectivity index (χ0v) is 13.3. The van der Waals surface area contributed by atoms with Gasteiger partial charge in [0.1, 0.15) is 6.61 Å². The van der Waals surface area contributed by atoms with E-state index >= 15 is 0 Å². The molecule has 0 saturated carbocycles. The fourth-order valence-electron chi connectivity index (χ4n) is 1.90. The Bertz CT molecular complexity index is 672. The van der Waals surface area contributed by atoms with Gasteiger partial charge >= 0.3 is 12.0 Å². The van der Waals surface area contributed by atoms with Crippen LogP contribution in [-0.4, -0.2) is 35.1 Å². The molecule has 2 rings (SSSR count). The van der Waals surface area contributed by atoms with Gasteiger partial charge in [0.2, 0.25) is 0 Å². The molecular weight excluding hydrogens is 349 g/mol. The van der Waals surface area contributed by atoms with E-state index in [9.17, 15) is 18.3 Å². The summed E-state index contributed by atoms with van der Waals surface area (Å²) in [6, 6.07) is 6.44. The molecule has 0 amide bonds. The Balaban J connectivity index is 2.05. The van der Waals surface area contributed by atoms with Gasteiger partial charge in [-0.05, 0) is 24.1 Å². The average molecular weight is 363 g/mol. The van der Waals surface area contributed by atoms with Gasteiger partial charge in [-0.2, -0.15) is 13.2 Å². The zero-order valence-electron chi connectivity index (χ0n) is 12.5. The molecule has 0 fully saturated rings. The minimum Gasteiger partial charge on any atom is -0.391 e. The van der Waals surface area contributed by atoms with Crippen LogP contribution in [0.5, 0.6) is 0 Å². The maximum Gasteiger partial charge on any atom is 0.458 e. The first-order valence-corrected chi connectivity index (χ1v) is 7.27. The molecule has 0 spiro atoms. The third-order valence-corrected chi connectivity index (χ3v) is 3.43. The number of hydrogen-bond donors (Lipinski definition) is 1. The SMILES string of the molecule is CC(=NOC/C=C/Cl)c1ccc(C2=NOC(O)(C(F)(F)F)C2)cc1. The lowest BCUT2D eigenvalue weighted by Gasteiger charge is -2.22. The monoisotopic (exact) mass is 362 g/mol. The molecule has 0 radical (unpaired) electrons. The lowest BCUT2D eigenvalue weighted by molar-refractivity contribution is -0.355. The van der Waals surface area contributed by atoms with Gasteiger partial charge < -0.3 is 14.8 Å². The van der Waals surface area contributed by atoms with E-state index in [0.717, 1.165) is 5.56 Å². The van der Waals surface area contributed by atoms with Gasteiger partial charge in [-0.3, -0.25) is 0 Å². The quantitative estimate of drug-likeness (QED) is 0.495. The summed E-state index contributed by atoms with van der Waals surface area (Å²) in [6.07, 6.45) is -4.12. The highest BCUT2D eigenvalue weighted by atomic mass is 35.5. The molecule has 0 saturated heterocycles. The van der Waals surface area contributed by atoms with Crippen molar-refractivity contribution in [3.8, 4) is 0 Å². The van der Waals surface area contributed by atoms with Crippen molar-refractivity contribution in [3.63, 3.8) is 0 Å². The van der Waals surface area contributed by atoms with Crippen LogP contribution in [0, 0.1) is 0 Å². The first-order valence-electron chi connectivity index (χ1n) is 6.83. The van der Waals surface area contributed by atoms with Crippen molar-refractivity contribution >= 4 is 23.0 Å². The van der Waals surface area contributed by atoms with Crippen molar-refractivity contribution in [2.24, 2.45) is 10.3 Å². The van der Waals surface area contributed by atoms with Gasteiger partial charge in [-0.25, -0.2) is 0 Å². The molecule has 5 nitrogen and oxygen atoms in total. The smallest absolute Gasteiger partial charge is 0.391 e. The molecular formula is C15H14ClF3N2O3. The first kappa shape index (κ1) is 18.3. The fourth-order valence-corrected chi connectivity index (χ4v) is 1.97. The number of alkyl halides is 3. The third-order valence-electron chi connectivity index (χ3n) is 3.25. The summed E-state index contributed by atoms with van der Waals surface area (Å²) < 4.78 is 38.1. The predicted octanol–water partition coefficient (Wildman–Crippen LogP) is 3.56. The molecule has 1 N–H and O–H groups in total.